The number of anilines is 1. The van der Waals surface area contributed by atoms with Gasteiger partial charge in [0, 0.05) is 31.5 Å². The van der Waals surface area contributed by atoms with Crippen LogP contribution in [0.4, 0.5) is 5.69 Å². The maximum Gasteiger partial charge on any atom is 0.255 e. The molecule has 1 unspecified atom stereocenters. The summed E-state index contributed by atoms with van der Waals surface area (Å²) in [5.41, 5.74) is 2.66. The maximum atomic E-state index is 13.0. The Morgan fingerprint density at radius 1 is 1.17 bits per heavy atom. The molecule has 1 atom stereocenters. The fourth-order valence-electron chi connectivity index (χ4n) is 3.90. The molecule has 1 N–H and O–H groups in total. The molecule has 0 spiro atoms. The molecule has 2 heterocycles. The van der Waals surface area contributed by atoms with Crippen LogP contribution in [0.25, 0.3) is 0 Å². The zero-order valence-corrected chi connectivity index (χ0v) is 17.6. The van der Waals surface area contributed by atoms with E-state index in [1.54, 1.807) is 26.6 Å². The van der Waals surface area contributed by atoms with Crippen molar-refractivity contribution in [2.24, 2.45) is 0 Å². The van der Waals surface area contributed by atoms with Crippen LogP contribution in [-0.2, 0) is 6.42 Å². The summed E-state index contributed by atoms with van der Waals surface area (Å²) in [6.07, 6.45) is 8.64. The Kier molecular flexibility index (Phi) is 7.33. The summed E-state index contributed by atoms with van der Waals surface area (Å²) in [5, 5.41) is 3.38. The Bertz CT molecular complexity index is 825. The molecule has 0 radical (unpaired) electrons. The number of likely N-dealkylation sites (tertiary alicyclic amines) is 1. The maximum absolute atomic E-state index is 13.0. The van der Waals surface area contributed by atoms with Gasteiger partial charge in [-0.3, -0.25) is 9.78 Å². The van der Waals surface area contributed by atoms with Gasteiger partial charge in [-0.1, -0.05) is 13.0 Å². The predicted octanol–water partition coefficient (Wildman–Crippen LogP) is 4.16. The van der Waals surface area contributed by atoms with E-state index < -0.39 is 0 Å². The normalized spacial score (nSPS) is 16.4. The number of carbonyl (C=O) groups excluding carboxylic acids is 1. The van der Waals surface area contributed by atoms with Crippen molar-refractivity contribution in [1.82, 2.24) is 9.88 Å². The third kappa shape index (κ3) is 5.19. The van der Waals surface area contributed by atoms with Gasteiger partial charge in [-0.25, -0.2) is 0 Å². The molecule has 1 aromatic heterocycles. The second-order valence-corrected chi connectivity index (χ2v) is 7.38. The number of amides is 1. The number of pyridine rings is 1. The molecule has 1 aromatic carbocycles. The minimum atomic E-state index is 0.0904. The van der Waals surface area contributed by atoms with E-state index in [-0.39, 0.29) is 5.91 Å². The largest absolute Gasteiger partial charge is 0.493 e. The summed E-state index contributed by atoms with van der Waals surface area (Å²) < 4.78 is 10.6. The van der Waals surface area contributed by atoms with Crippen molar-refractivity contribution in [3.63, 3.8) is 0 Å². The summed E-state index contributed by atoms with van der Waals surface area (Å²) in [6, 6.07) is 8.18. The van der Waals surface area contributed by atoms with Crippen LogP contribution in [0, 0.1) is 0 Å². The van der Waals surface area contributed by atoms with Gasteiger partial charge in [-0.05, 0) is 55.9 Å². The molecule has 29 heavy (non-hydrogen) atoms. The molecule has 1 aliphatic heterocycles. The highest BCUT2D eigenvalue weighted by Gasteiger charge is 2.26. The number of hydrogen-bond acceptors (Lipinski definition) is 5. The molecule has 6 nitrogen and oxygen atoms in total. The Balaban J connectivity index is 1.61. The molecule has 2 aromatic rings. The Labute approximate surface area is 173 Å². The number of carbonyl (C=O) groups is 1. The highest BCUT2D eigenvalue weighted by Crippen LogP contribution is 2.28. The average molecular weight is 398 g/mol. The van der Waals surface area contributed by atoms with Crippen LogP contribution < -0.4 is 14.8 Å². The number of benzene rings is 1. The highest BCUT2D eigenvalue weighted by molar-refractivity contribution is 5.95. The summed E-state index contributed by atoms with van der Waals surface area (Å²) >= 11 is 0. The van der Waals surface area contributed by atoms with Gasteiger partial charge >= 0.3 is 0 Å². The van der Waals surface area contributed by atoms with Crippen molar-refractivity contribution in [3.8, 4) is 11.5 Å². The standard InChI is InChI=1S/C23H31N3O3/c1-4-20-7-5-6-12-26(20)23(27)18-14-19(16-24-15-18)25-11-10-17-8-9-21(28-2)22(13-17)29-3/h8-9,13-16,20,25H,4-7,10-12H2,1-3H3. The van der Waals surface area contributed by atoms with Crippen molar-refractivity contribution in [2.75, 3.05) is 32.6 Å². The van der Waals surface area contributed by atoms with E-state index in [0.29, 0.717) is 11.6 Å². The molecule has 1 aliphatic rings. The molecule has 1 amide bonds. The second-order valence-electron chi connectivity index (χ2n) is 7.38. The molecule has 1 saturated heterocycles. The molecular formula is C23H31N3O3. The van der Waals surface area contributed by atoms with Crippen molar-refractivity contribution < 1.29 is 14.3 Å². The smallest absolute Gasteiger partial charge is 0.255 e. The van der Waals surface area contributed by atoms with Crippen LogP contribution in [-0.4, -0.2) is 49.1 Å². The first kappa shape index (κ1) is 21.0. The number of rotatable bonds is 8. The molecule has 0 aliphatic carbocycles. The lowest BCUT2D eigenvalue weighted by atomic mass is 9.99. The summed E-state index contributed by atoms with van der Waals surface area (Å²) in [6.45, 7) is 3.73. The van der Waals surface area contributed by atoms with Gasteiger partial charge in [0.1, 0.15) is 0 Å². The Hall–Kier alpha value is -2.76. The van der Waals surface area contributed by atoms with Gasteiger partial charge in [0.05, 0.1) is 25.5 Å². The average Bonchev–Trinajstić information content (AvgIpc) is 2.78. The van der Waals surface area contributed by atoms with Crippen molar-refractivity contribution >= 4 is 11.6 Å². The number of hydrogen-bond donors (Lipinski definition) is 1. The van der Waals surface area contributed by atoms with Gasteiger partial charge in [-0.2, -0.15) is 0 Å². The Morgan fingerprint density at radius 3 is 2.76 bits per heavy atom. The lowest BCUT2D eigenvalue weighted by Crippen LogP contribution is -2.43. The van der Waals surface area contributed by atoms with Crippen molar-refractivity contribution in [1.29, 1.82) is 0 Å². The molecule has 1 fully saturated rings. The van der Waals surface area contributed by atoms with Crippen LogP contribution >= 0.6 is 0 Å². The monoisotopic (exact) mass is 397 g/mol. The quantitative estimate of drug-likeness (QED) is 0.725. The van der Waals surface area contributed by atoms with Gasteiger partial charge in [-0.15, -0.1) is 0 Å². The van der Waals surface area contributed by atoms with Crippen LogP contribution in [0.2, 0.25) is 0 Å². The van der Waals surface area contributed by atoms with E-state index in [4.69, 9.17) is 9.47 Å². The first-order valence-corrected chi connectivity index (χ1v) is 10.4. The van der Waals surface area contributed by atoms with Gasteiger partial charge < -0.3 is 19.7 Å². The number of piperidine rings is 1. The number of aromatic nitrogens is 1. The first-order valence-electron chi connectivity index (χ1n) is 10.4. The SMILES string of the molecule is CCC1CCCCN1C(=O)c1cncc(NCCc2ccc(OC)c(OC)c2)c1. The Morgan fingerprint density at radius 2 is 2.00 bits per heavy atom. The van der Waals surface area contributed by atoms with Crippen molar-refractivity contribution in [3.05, 3.63) is 47.8 Å². The van der Waals surface area contributed by atoms with E-state index in [9.17, 15) is 4.79 Å². The van der Waals surface area contributed by atoms with Crippen LogP contribution in [0.3, 0.4) is 0 Å². The molecular weight excluding hydrogens is 366 g/mol. The molecule has 0 saturated carbocycles. The lowest BCUT2D eigenvalue weighted by molar-refractivity contribution is 0.0607. The highest BCUT2D eigenvalue weighted by atomic mass is 16.5. The van der Waals surface area contributed by atoms with E-state index in [0.717, 1.165) is 61.5 Å². The minimum Gasteiger partial charge on any atom is -0.493 e. The topological polar surface area (TPSA) is 63.7 Å². The molecule has 0 bridgehead atoms. The fourth-order valence-corrected chi connectivity index (χ4v) is 3.90. The van der Waals surface area contributed by atoms with Crippen LogP contribution in [0.5, 0.6) is 11.5 Å². The van der Waals surface area contributed by atoms with E-state index in [2.05, 4.69) is 17.2 Å². The van der Waals surface area contributed by atoms with E-state index >= 15 is 0 Å². The minimum absolute atomic E-state index is 0.0904. The van der Waals surface area contributed by atoms with Gasteiger partial charge in [0.25, 0.3) is 5.91 Å². The third-order valence-electron chi connectivity index (χ3n) is 5.54. The van der Waals surface area contributed by atoms with Gasteiger partial charge in [0.2, 0.25) is 0 Å². The van der Waals surface area contributed by atoms with Crippen LogP contribution in [0.15, 0.2) is 36.7 Å². The second kappa shape index (κ2) is 10.1. The zero-order valence-electron chi connectivity index (χ0n) is 17.6. The van der Waals surface area contributed by atoms with Crippen molar-refractivity contribution in [2.45, 2.75) is 45.1 Å². The third-order valence-corrected chi connectivity index (χ3v) is 5.54. The number of methoxy groups -OCH3 is 2. The number of nitrogens with zero attached hydrogens (tertiary/aromatic N) is 2. The molecule has 156 valence electrons. The number of ether oxygens (including phenoxy) is 2. The number of nitrogens with one attached hydrogen (secondary N) is 1. The van der Waals surface area contributed by atoms with E-state index in [1.807, 2.05) is 29.2 Å². The zero-order chi connectivity index (χ0) is 20.6. The molecule has 6 heteroatoms. The predicted molar refractivity (Wildman–Crippen MR) is 115 cm³/mol. The van der Waals surface area contributed by atoms with Crippen LogP contribution in [0.1, 0.15) is 48.5 Å². The fraction of sp³-hybridized carbons (Fsp3) is 0.478. The summed E-state index contributed by atoms with van der Waals surface area (Å²) in [5.74, 6) is 1.54. The summed E-state index contributed by atoms with van der Waals surface area (Å²) in [7, 11) is 3.27. The molecule has 3 rings (SSSR count). The first-order chi connectivity index (χ1) is 14.2. The summed E-state index contributed by atoms with van der Waals surface area (Å²) in [4.78, 5) is 19.3. The lowest BCUT2D eigenvalue weighted by Gasteiger charge is -2.35. The van der Waals surface area contributed by atoms with Gasteiger partial charge in [0.15, 0.2) is 11.5 Å². The van der Waals surface area contributed by atoms with E-state index in [1.165, 1.54) is 6.42 Å².